The number of ether oxygens (including phenoxy) is 2. The second-order valence-electron chi connectivity index (χ2n) is 6.26. The van der Waals surface area contributed by atoms with E-state index in [0.29, 0.717) is 6.04 Å². The maximum Gasteiger partial charge on any atom is 0.162 e. The Morgan fingerprint density at radius 1 is 1.18 bits per heavy atom. The Kier molecular flexibility index (Phi) is 4.45. The predicted molar refractivity (Wildman–Crippen MR) is 68.9 cm³/mol. The summed E-state index contributed by atoms with van der Waals surface area (Å²) in [7, 11) is 0. The monoisotopic (exact) mass is 241 g/mol. The fourth-order valence-corrected chi connectivity index (χ4v) is 2.89. The number of rotatable bonds is 3. The van der Waals surface area contributed by atoms with Crippen LogP contribution in [-0.4, -0.2) is 31.6 Å². The van der Waals surface area contributed by atoms with Crippen LogP contribution < -0.4 is 5.32 Å². The van der Waals surface area contributed by atoms with Crippen molar-refractivity contribution in [1.29, 1.82) is 0 Å². The van der Waals surface area contributed by atoms with E-state index in [1.165, 1.54) is 25.7 Å². The van der Waals surface area contributed by atoms with Crippen LogP contribution in [0, 0.1) is 11.8 Å². The zero-order chi connectivity index (χ0) is 12.3. The standard InChI is InChI=1S/C14H27NO2/c1-11-5-4-6-12(7-11)8-15-13-9-16-14(2,3)17-10-13/h11-13,15H,4-10H2,1-3H3. The summed E-state index contributed by atoms with van der Waals surface area (Å²) in [4.78, 5) is 0. The predicted octanol–water partition coefficient (Wildman–Crippen LogP) is 2.55. The SMILES string of the molecule is CC1CCCC(CNC2COC(C)(C)OC2)C1. The van der Waals surface area contributed by atoms with Crippen LogP contribution in [0.3, 0.4) is 0 Å². The van der Waals surface area contributed by atoms with Crippen molar-refractivity contribution in [3.8, 4) is 0 Å². The third-order valence-corrected chi connectivity index (χ3v) is 4.00. The van der Waals surface area contributed by atoms with Gasteiger partial charge >= 0.3 is 0 Å². The number of hydrogen-bond acceptors (Lipinski definition) is 3. The van der Waals surface area contributed by atoms with Crippen LogP contribution in [0.15, 0.2) is 0 Å². The molecule has 1 aliphatic heterocycles. The van der Waals surface area contributed by atoms with Gasteiger partial charge in [0.2, 0.25) is 0 Å². The van der Waals surface area contributed by atoms with Crippen LogP contribution in [0.4, 0.5) is 0 Å². The minimum atomic E-state index is -0.391. The highest BCUT2D eigenvalue weighted by Gasteiger charge is 2.28. The first-order chi connectivity index (χ1) is 8.05. The number of nitrogens with one attached hydrogen (secondary N) is 1. The Morgan fingerprint density at radius 3 is 2.53 bits per heavy atom. The molecule has 0 aromatic rings. The summed E-state index contributed by atoms with van der Waals surface area (Å²) < 4.78 is 11.3. The topological polar surface area (TPSA) is 30.5 Å². The van der Waals surface area contributed by atoms with Crippen molar-refractivity contribution in [3.05, 3.63) is 0 Å². The zero-order valence-electron chi connectivity index (χ0n) is 11.5. The lowest BCUT2D eigenvalue weighted by Crippen LogP contribution is -2.49. The van der Waals surface area contributed by atoms with E-state index in [1.807, 2.05) is 13.8 Å². The zero-order valence-corrected chi connectivity index (χ0v) is 11.5. The minimum absolute atomic E-state index is 0.375. The van der Waals surface area contributed by atoms with E-state index < -0.39 is 5.79 Å². The van der Waals surface area contributed by atoms with E-state index in [4.69, 9.17) is 9.47 Å². The smallest absolute Gasteiger partial charge is 0.162 e. The average Bonchev–Trinajstić information content (AvgIpc) is 2.28. The molecule has 2 fully saturated rings. The van der Waals surface area contributed by atoms with Crippen molar-refractivity contribution in [2.24, 2.45) is 11.8 Å². The fraction of sp³-hybridized carbons (Fsp3) is 1.00. The molecule has 1 aliphatic carbocycles. The van der Waals surface area contributed by atoms with Gasteiger partial charge in [0.05, 0.1) is 19.3 Å². The molecule has 0 radical (unpaired) electrons. The Labute approximate surface area is 105 Å². The second-order valence-corrected chi connectivity index (χ2v) is 6.26. The lowest BCUT2D eigenvalue weighted by molar-refractivity contribution is -0.253. The molecule has 0 spiro atoms. The van der Waals surface area contributed by atoms with Crippen LogP contribution in [0.5, 0.6) is 0 Å². The Balaban J connectivity index is 1.65. The van der Waals surface area contributed by atoms with Crippen LogP contribution >= 0.6 is 0 Å². The Bertz CT molecular complexity index is 232. The summed E-state index contributed by atoms with van der Waals surface area (Å²) in [6.07, 6.45) is 5.59. The van der Waals surface area contributed by atoms with Gasteiger partial charge < -0.3 is 14.8 Å². The molecule has 100 valence electrons. The molecule has 1 saturated heterocycles. The molecule has 3 heteroatoms. The van der Waals surface area contributed by atoms with Crippen molar-refractivity contribution in [2.75, 3.05) is 19.8 Å². The van der Waals surface area contributed by atoms with E-state index in [2.05, 4.69) is 12.2 Å². The van der Waals surface area contributed by atoms with Gasteiger partial charge in [-0.2, -0.15) is 0 Å². The van der Waals surface area contributed by atoms with Gasteiger partial charge in [0, 0.05) is 0 Å². The first-order valence-electron chi connectivity index (χ1n) is 7.06. The number of hydrogen-bond donors (Lipinski definition) is 1. The summed E-state index contributed by atoms with van der Waals surface area (Å²) in [5, 5.41) is 3.60. The molecular formula is C14H27NO2. The van der Waals surface area contributed by atoms with E-state index in [1.54, 1.807) is 0 Å². The molecule has 0 amide bonds. The summed E-state index contributed by atoms with van der Waals surface area (Å²) >= 11 is 0. The van der Waals surface area contributed by atoms with Gasteiger partial charge in [0.1, 0.15) is 0 Å². The highest BCUT2D eigenvalue weighted by Crippen LogP contribution is 2.28. The third kappa shape index (κ3) is 4.23. The van der Waals surface area contributed by atoms with Crippen molar-refractivity contribution >= 4 is 0 Å². The molecule has 1 N–H and O–H groups in total. The van der Waals surface area contributed by atoms with E-state index in [9.17, 15) is 0 Å². The molecule has 2 atom stereocenters. The second kappa shape index (κ2) is 5.68. The maximum atomic E-state index is 5.65. The maximum absolute atomic E-state index is 5.65. The lowest BCUT2D eigenvalue weighted by atomic mass is 9.82. The Hall–Kier alpha value is -0.120. The van der Waals surface area contributed by atoms with Crippen LogP contribution in [0.2, 0.25) is 0 Å². The molecule has 0 bridgehead atoms. The van der Waals surface area contributed by atoms with Crippen LogP contribution in [0.25, 0.3) is 0 Å². The van der Waals surface area contributed by atoms with Gasteiger partial charge in [-0.15, -0.1) is 0 Å². The molecule has 2 rings (SSSR count). The van der Waals surface area contributed by atoms with Gasteiger partial charge in [0.15, 0.2) is 5.79 Å². The van der Waals surface area contributed by atoms with Crippen molar-refractivity contribution in [2.45, 2.75) is 58.3 Å². The molecule has 1 saturated carbocycles. The lowest BCUT2D eigenvalue weighted by Gasteiger charge is -2.36. The molecule has 3 nitrogen and oxygen atoms in total. The highest BCUT2D eigenvalue weighted by molar-refractivity contribution is 4.77. The first-order valence-corrected chi connectivity index (χ1v) is 7.06. The van der Waals surface area contributed by atoms with Crippen molar-refractivity contribution in [1.82, 2.24) is 5.32 Å². The average molecular weight is 241 g/mol. The Morgan fingerprint density at radius 2 is 1.88 bits per heavy atom. The molecule has 0 aromatic carbocycles. The fourth-order valence-electron chi connectivity index (χ4n) is 2.89. The van der Waals surface area contributed by atoms with Gasteiger partial charge in [-0.3, -0.25) is 0 Å². The van der Waals surface area contributed by atoms with Gasteiger partial charge in [-0.1, -0.05) is 19.8 Å². The quantitative estimate of drug-likeness (QED) is 0.823. The van der Waals surface area contributed by atoms with Gasteiger partial charge in [-0.05, 0) is 45.1 Å². The molecule has 0 aromatic heterocycles. The summed E-state index contributed by atoms with van der Waals surface area (Å²) in [5.41, 5.74) is 0. The normalized spacial score (nSPS) is 34.8. The highest BCUT2D eigenvalue weighted by atomic mass is 16.7. The minimum Gasteiger partial charge on any atom is -0.349 e. The largest absolute Gasteiger partial charge is 0.349 e. The first kappa shape index (κ1) is 13.3. The molecule has 2 aliphatic rings. The van der Waals surface area contributed by atoms with Crippen LogP contribution in [-0.2, 0) is 9.47 Å². The summed E-state index contributed by atoms with van der Waals surface area (Å²) in [5.74, 6) is 1.37. The van der Waals surface area contributed by atoms with E-state index >= 15 is 0 Å². The van der Waals surface area contributed by atoms with Gasteiger partial charge in [0.25, 0.3) is 0 Å². The van der Waals surface area contributed by atoms with Crippen molar-refractivity contribution in [3.63, 3.8) is 0 Å². The molecular weight excluding hydrogens is 214 g/mol. The molecule has 1 heterocycles. The van der Waals surface area contributed by atoms with E-state index in [-0.39, 0.29) is 0 Å². The summed E-state index contributed by atoms with van der Waals surface area (Å²) in [6.45, 7) is 9.01. The molecule has 2 unspecified atom stereocenters. The van der Waals surface area contributed by atoms with Crippen molar-refractivity contribution < 1.29 is 9.47 Å². The summed E-state index contributed by atoms with van der Waals surface area (Å²) in [6, 6.07) is 0.375. The van der Waals surface area contributed by atoms with Gasteiger partial charge in [-0.25, -0.2) is 0 Å². The molecule has 17 heavy (non-hydrogen) atoms. The third-order valence-electron chi connectivity index (χ3n) is 4.00. The van der Waals surface area contributed by atoms with E-state index in [0.717, 1.165) is 31.6 Å². The van der Waals surface area contributed by atoms with Crippen LogP contribution in [0.1, 0.15) is 46.5 Å².